The molecule has 0 saturated heterocycles. The second-order valence-corrected chi connectivity index (χ2v) is 10.2. The minimum absolute atomic E-state index is 0. The Balaban J connectivity index is 0.00000420. The van der Waals surface area contributed by atoms with Crippen LogP contribution in [0.4, 0.5) is 17.1 Å². The van der Waals surface area contributed by atoms with Crippen molar-refractivity contribution in [3.05, 3.63) is 81.8 Å². The third-order valence-corrected chi connectivity index (χ3v) is 7.46. The fourth-order valence-electron chi connectivity index (χ4n) is 3.84. The second-order valence-electron chi connectivity index (χ2n) is 8.04. The molecule has 0 aliphatic carbocycles. The zero-order chi connectivity index (χ0) is 27.6. The number of fused-ring (bicyclic) bond motifs is 1. The number of anilines is 1. The predicted octanol–water partition coefficient (Wildman–Crippen LogP) is 3.71. The predicted molar refractivity (Wildman–Crippen MR) is 144 cm³/mol. The molecule has 0 aromatic heterocycles. The Morgan fingerprint density at radius 2 is 1.79 bits per heavy atom. The van der Waals surface area contributed by atoms with Crippen LogP contribution in [0.1, 0.15) is 22.8 Å². The first-order valence-electron chi connectivity index (χ1n) is 11.1. The van der Waals surface area contributed by atoms with Crippen molar-refractivity contribution in [3.63, 3.8) is 0 Å². The summed E-state index contributed by atoms with van der Waals surface area (Å²) in [4.78, 5) is 12.6. The van der Waals surface area contributed by atoms with E-state index < -0.39 is 26.7 Å². The van der Waals surface area contributed by atoms with Crippen LogP contribution in [0.15, 0.2) is 75.8 Å². The fourth-order valence-corrected chi connectivity index (χ4v) is 5.49. The van der Waals surface area contributed by atoms with E-state index in [-0.39, 0.29) is 63.0 Å². The summed E-state index contributed by atoms with van der Waals surface area (Å²) in [5, 5.41) is 25.0. The Labute approximate surface area is 256 Å². The maximum atomic E-state index is 13.4. The van der Waals surface area contributed by atoms with Gasteiger partial charge in [0.25, 0.3) is 16.0 Å². The first kappa shape index (κ1) is 30.8. The number of nitrogens with zero attached hydrogens (tertiary/aromatic N) is 2. The molecule has 0 fully saturated rings. The number of azo groups is 1. The Morgan fingerprint density at radius 3 is 2.44 bits per heavy atom. The minimum atomic E-state index is -4.65. The number of nitrogens with one attached hydrogen (secondary N) is 1. The van der Waals surface area contributed by atoms with Gasteiger partial charge >= 0.3 is 29.6 Å². The van der Waals surface area contributed by atoms with E-state index in [0.717, 1.165) is 0 Å². The van der Waals surface area contributed by atoms with Crippen molar-refractivity contribution in [2.24, 2.45) is 10.2 Å². The smallest absolute Gasteiger partial charge is 0.870 e. The van der Waals surface area contributed by atoms with Crippen molar-refractivity contribution in [1.29, 1.82) is 0 Å². The first-order chi connectivity index (χ1) is 18.0. The average Bonchev–Trinajstić information content (AvgIpc) is 2.87. The Hall–Kier alpha value is -2.70. The van der Waals surface area contributed by atoms with Crippen LogP contribution >= 0.6 is 23.2 Å². The van der Waals surface area contributed by atoms with Gasteiger partial charge in [0.1, 0.15) is 16.3 Å². The topological polar surface area (TPSA) is 140 Å². The summed E-state index contributed by atoms with van der Waals surface area (Å²) in [6.07, 6.45) is 0.290. The molecule has 13 heteroatoms. The Morgan fingerprint density at radius 1 is 1.08 bits per heavy atom. The monoisotopic (exact) mass is 595 g/mol. The molecule has 4 aromatic rings. The SMILES string of the molecule is CCc1ccc(N=Nc2c([O-])c(C(=O)Nc3ccc(OC)c(Cl)c3)cc3ccccc23)c(Cl)c1S(=O)(=O)O.[Na+]. The van der Waals surface area contributed by atoms with Crippen LogP contribution in [0, 0.1) is 0 Å². The molecular weight excluding hydrogens is 576 g/mol. The molecule has 196 valence electrons. The summed E-state index contributed by atoms with van der Waals surface area (Å²) in [5.41, 5.74) is 0.212. The van der Waals surface area contributed by atoms with Crippen LogP contribution in [-0.4, -0.2) is 26.0 Å². The largest absolute Gasteiger partial charge is 1.00 e. The molecule has 0 bridgehead atoms. The zero-order valence-corrected chi connectivity index (χ0v) is 25.4. The van der Waals surface area contributed by atoms with Gasteiger partial charge in [-0.25, -0.2) is 0 Å². The number of aryl methyl sites for hydroxylation is 1. The molecule has 0 heterocycles. The van der Waals surface area contributed by atoms with E-state index in [4.69, 9.17) is 27.9 Å². The van der Waals surface area contributed by atoms with Gasteiger partial charge in [-0.05, 0) is 47.7 Å². The second kappa shape index (κ2) is 12.6. The maximum absolute atomic E-state index is 13.4. The number of rotatable bonds is 7. The Kier molecular flexibility index (Phi) is 10.0. The maximum Gasteiger partial charge on any atom is 1.00 e. The molecule has 0 radical (unpaired) electrons. The Bertz CT molecular complexity index is 1710. The minimum Gasteiger partial charge on any atom is -0.870 e. The molecule has 4 aromatic carbocycles. The van der Waals surface area contributed by atoms with Crippen LogP contribution in [0.2, 0.25) is 10.0 Å². The van der Waals surface area contributed by atoms with Gasteiger partial charge in [-0.3, -0.25) is 9.35 Å². The van der Waals surface area contributed by atoms with Crippen molar-refractivity contribution >= 4 is 67.1 Å². The third kappa shape index (κ3) is 6.55. The van der Waals surface area contributed by atoms with E-state index >= 15 is 0 Å². The van der Waals surface area contributed by atoms with Gasteiger partial charge in [0.05, 0.1) is 22.8 Å². The molecule has 0 unspecified atom stereocenters. The number of amides is 1. The van der Waals surface area contributed by atoms with Gasteiger partial charge in [0.2, 0.25) is 0 Å². The van der Waals surface area contributed by atoms with Gasteiger partial charge in [-0.15, -0.1) is 5.11 Å². The molecular formula is C26H20Cl2N3NaO6S. The van der Waals surface area contributed by atoms with Crippen molar-refractivity contribution in [2.45, 2.75) is 18.2 Å². The molecule has 2 N–H and O–H groups in total. The van der Waals surface area contributed by atoms with E-state index in [1.165, 1.54) is 31.4 Å². The van der Waals surface area contributed by atoms with Crippen molar-refractivity contribution < 1.29 is 57.2 Å². The third-order valence-electron chi connectivity index (χ3n) is 5.68. The van der Waals surface area contributed by atoms with Crippen LogP contribution in [0.5, 0.6) is 11.5 Å². The summed E-state index contributed by atoms with van der Waals surface area (Å²) >= 11 is 12.4. The number of carbonyl (C=O) groups is 1. The summed E-state index contributed by atoms with van der Waals surface area (Å²) in [6.45, 7) is 1.70. The van der Waals surface area contributed by atoms with Crippen LogP contribution in [-0.2, 0) is 16.5 Å². The molecule has 0 saturated carbocycles. The van der Waals surface area contributed by atoms with E-state index in [2.05, 4.69) is 15.5 Å². The van der Waals surface area contributed by atoms with Crippen LogP contribution in [0.3, 0.4) is 0 Å². The van der Waals surface area contributed by atoms with E-state index in [1.807, 2.05) is 0 Å². The number of ether oxygens (including phenoxy) is 1. The van der Waals surface area contributed by atoms with Gasteiger partial charge in [0, 0.05) is 16.6 Å². The van der Waals surface area contributed by atoms with Gasteiger partial charge in [-0.2, -0.15) is 13.5 Å². The summed E-state index contributed by atoms with van der Waals surface area (Å²) in [7, 11) is -3.18. The van der Waals surface area contributed by atoms with Crippen molar-refractivity contribution in [3.8, 4) is 11.5 Å². The number of hydrogen-bond donors (Lipinski definition) is 2. The van der Waals surface area contributed by atoms with Gasteiger partial charge < -0.3 is 15.2 Å². The molecule has 9 nitrogen and oxygen atoms in total. The molecule has 0 atom stereocenters. The van der Waals surface area contributed by atoms with Crippen molar-refractivity contribution in [1.82, 2.24) is 0 Å². The molecule has 4 rings (SSSR count). The van der Waals surface area contributed by atoms with Crippen LogP contribution < -0.4 is 44.7 Å². The van der Waals surface area contributed by atoms with E-state index in [9.17, 15) is 22.9 Å². The molecule has 0 aliphatic rings. The first-order valence-corrected chi connectivity index (χ1v) is 13.3. The number of benzene rings is 4. The standard InChI is InChI=1S/C26H21Cl2N3O6S.Na/c1-3-14-8-10-20(22(28)25(14)38(34,35)36)30-31-23-17-7-5-4-6-15(17)12-18(24(23)32)26(33)29-16-9-11-21(37-2)19(27)13-16;/h4-13,32H,3H2,1-2H3,(H,29,33)(H,34,35,36);/q;+1/p-1. The summed E-state index contributed by atoms with van der Waals surface area (Å²) < 4.78 is 38.6. The summed E-state index contributed by atoms with van der Waals surface area (Å²) in [5.74, 6) is -0.983. The average molecular weight is 596 g/mol. The number of halogens is 2. The van der Waals surface area contributed by atoms with Gasteiger partial charge in [0.15, 0.2) is 0 Å². The molecule has 0 aliphatic heterocycles. The fraction of sp³-hybridized carbons (Fsp3) is 0.115. The van der Waals surface area contributed by atoms with Crippen LogP contribution in [0.25, 0.3) is 10.8 Å². The molecule has 39 heavy (non-hydrogen) atoms. The van der Waals surface area contributed by atoms with Crippen molar-refractivity contribution in [2.75, 3.05) is 12.4 Å². The number of hydrogen-bond acceptors (Lipinski definition) is 7. The zero-order valence-electron chi connectivity index (χ0n) is 21.0. The quantitative estimate of drug-likeness (QED) is 0.189. The normalized spacial score (nSPS) is 11.4. The molecule has 0 spiro atoms. The molecule has 1 amide bonds. The number of carbonyl (C=O) groups excluding carboxylic acids is 1. The van der Waals surface area contributed by atoms with E-state index in [0.29, 0.717) is 27.8 Å². The van der Waals surface area contributed by atoms with Gasteiger partial charge in [-0.1, -0.05) is 66.2 Å². The summed E-state index contributed by atoms with van der Waals surface area (Å²) in [6, 6.07) is 15.7. The number of methoxy groups -OCH3 is 1. The van der Waals surface area contributed by atoms with E-state index in [1.54, 1.807) is 43.3 Å².